The SMILES string of the molecule is CC1=CC(C(=O)Nc2nc(-c3ccco3)c(C(=O)C3CCOCC3)s2)CN=C1C. The number of aromatic nitrogens is 1. The van der Waals surface area contributed by atoms with Crippen LogP contribution >= 0.6 is 11.3 Å². The third-order valence-electron chi connectivity index (χ3n) is 5.31. The van der Waals surface area contributed by atoms with Gasteiger partial charge in [-0.05, 0) is 44.4 Å². The predicted molar refractivity (Wildman–Crippen MR) is 112 cm³/mol. The van der Waals surface area contributed by atoms with Gasteiger partial charge >= 0.3 is 0 Å². The fourth-order valence-electron chi connectivity index (χ4n) is 3.46. The minimum atomic E-state index is -0.343. The molecule has 7 nitrogen and oxygen atoms in total. The quantitative estimate of drug-likeness (QED) is 0.748. The zero-order valence-electron chi connectivity index (χ0n) is 16.4. The molecule has 2 aliphatic rings. The van der Waals surface area contributed by atoms with Crippen molar-refractivity contribution in [3.63, 3.8) is 0 Å². The van der Waals surface area contributed by atoms with Gasteiger partial charge in [-0.2, -0.15) is 0 Å². The maximum atomic E-state index is 13.1. The number of furan rings is 1. The van der Waals surface area contributed by atoms with Gasteiger partial charge in [-0.3, -0.25) is 14.6 Å². The van der Waals surface area contributed by atoms with Crippen molar-refractivity contribution in [3.05, 3.63) is 34.9 Å². The number of ketones is 1. The van der Waals surface area contributed by atoms with Crippen LogP contribution in [0, 0.1) is 11.8 Å². The molecule has 152 valence electrons. The fourth-order valence-corrected chi connectivity index (χ4v) is 4.45. The molecular formula is C21H23N3O4S. The summed E-state index contributed by atoms with van der Waals surface area (Å²) in [5.41, 5.74) is 2.44. The molecule has 0 aliphatic carbocycles. The lowest BCUT2D eigenvalue weighted by molar-refractivity contribution is -0.118. The normalized spacial score (nSPS) is 20.1. The van der Waals surface area contributed by atoms with Crippen molar-refractivity contribution < 1.29 is 18.7 Å². The Morgan fingerprint density at radius 3 is 2.72 bits per heavy atom. The van der Waals surface area contributed by atoms with Gasteiger partial charge in [0.15, 0.2) is 16.7 Å². The molecule has 1 fully saturated rings. The number of aliphatic imine (C=N–C) groups is 1. The van der Waals surface area contributed by atoms with Crippen molar-refractivity contribution in [2.75, 3.05) is 25.1 Å². The Labute approximate surface area is 172 Å². The first kappa shape index (κ1) is 19.7. The number of dihydropyridines is 1. The van der Waals surface area contributed by atoms with Crippen LogP contribution in [0.5, 0.6) is 0 Å². The summed E-state index contributed by atoms with van der Waals surface area (Å²) in [6.07, 6.45) is 4.86. The summed E-state index contributed by atoms with van der Waals surface area (Å²) in [5, 5.41) is 3.26. The molecule has 4 rings (SSSR count). The summed E-state index contributed by atoms with van der Waals surface area (Å²) in [6, 6.07) is 3.53. The van der Waals surface area contributed by atoms with Gasteiger partial charge in [-0.1, -0.05) is 17.4 Å². The Bertz CT molecular complexity index is 968. The van der Waals surface area contributed by atoms with Crippen LogP contribution in [0.4, 0.5) is 5.13 Å². The number of Topliss-reactive ketones (excluding diaryl/α,β-unsaturated/α-hetero) is 1. The van der Waals surface area contributed by atoms with Crippen LogP contribution in [0.2, 0.25) is 0 Å². The van der Waals surface area contributed by atoms with Crippen LogP contribution < -0.4 is 5.32 Å². The Balaban J connectivity index is 1.58. The van der Waals surface area contributed by atoms with E-state index in [2.05, 4.69) is 15.3 Å². The van der Waals surface area contributed by atoms with E-state index in [4.69, 9.17) is 9.15 Å². The smallest absolute Gasteiger partial charge is 0.234 e. The van der Waals surface area contributed by atoms with Crippen molar-refractivity contribution in [2.24, 2.45) is 16.8 Å². The average molecular weight is 413 g/mol. The first-order valence-electron chi connectivity index (χ1n) is 9.70. The van der Waals surface area contributed by atoms with Gasteiger partial charge in [0.05, 0.1) is 18.7 Å². The van der Waals surface area contributed by atoms with E-state index in [0.717, 1.165) is 11.3 Å². The molecule has 8 heteroatoms. The third-order valence-corrected chi connectivity index (χ3v) is 6.30. The zero-order chi connectivity index (χ0) is 20.4. The molecule has 2 aliphatic heterocycles. The molecule has 2 aromatic heterocycles. The van der Waals surface area contributed by atoms with Gasteiger partial charge in [-0.15, -0.1) is 0 Å². The summed E-state index contributed by atoms with van der Waals surface area (Å²) in [6.45, 7) is 5.47. The molecule has 1 saturated heterocycles. The molecule has 0 saturated carbocycles. The minimum Gasteiger partial charge on any atom is -0.463 e. The second kappa shape index (κ2) is 8.42. The summed E-state index contributed by atoms with van der Waals surface area (Å²) >= 11 is 1.20. The predicted octanol–water partition coefficient (Wildman–Crippen LogP) is 3.99. The molecule has 0 radical (unpaired) electrons. The summed E-state index contributed by atoms with van der Waals surface area (Å²) in [4.78, 5) is 35.3. The molecular weight excluding hydrogens is 390 g/mol. The number of nitrogens with zero attached hydrogens (tertiary/aromatic N) is 2. The second-order valence-corrected chi connectivity index (χ2v) is 8.30. The standard InChI is InChI=1S/C21H23N3O4S/c1-12-10-15(11-22-13(12)2)20(26)24-21-23-17(16-4-3-7-28-16)19(29-21)18(25)14-5-8-27-9-6-14/h3-4,7,10,14-15H,5-6,8-9,11H2,1-2H3,(H,23,24,26). The molecule has 1 N–H and O–H groups in total. The molecule has 1 atom stereocenters. The van der Waals surface area contributed by atoms with Crippen molar-refractivity contribution >= 4 is 33.9 Å². The lowest BCUT2D eigenvalue weighted by Crippen LogP contribution is -2.26. The molecule has 0 spiro atoms. The Kier molecular flexibility index (Phi) is 5.73. The first-order chi connectivity index (χ1) is 14.0. The Morgan fingerprint density at radius 2 is 2.03 bits per heavy atom. The van der Waals surface area contributed by atoms with Crippen LogP contribution in [0.15, 0.2) is 39.5 Å². The van der Waals surface area contributed by atoms with Crippen LogP contribution in [0.3, 0.4) is 0 Å². The highest BCUT2D eigenvalue weighted by molar-refractivity contribution is 7.18. The number of allylic oxidation sites excluding steroid dienone is 1. The van der Waals surface area contributed by atoms with Gasteiger partial charge in [0.2, 0.25) is 5.91 Å². The van der Waals surface area contributed by atoms with Crippen LogP contribution in [0.25, 0.3) is 11.5 Å². The molecule has 1 unspecified atom stereocenters. The van der Waals surface area contributed by atoms with E-state index < -0.39 is 0 Å². The van der Waals surface area contributed by atoms with Gasteiger partial charge in [0.25, 0.3) is 0 Å². The number of ether oxygens (including phenoxy) is 1. The monoisotopic (exact) mass is 413 g/mol. The molecule has 2 aromatic rings. The van der Waals surface area contributed by atoms with E-state index >= 15 is 0 Å². The maximum Gasteiger partial charge on any atom is 0.234 e. The van der Waals surface area contributed by atoms with Gasteiger partial charge < -0.3 is 14.5 Å². The highest BCUT2D eigenvalue weighted by Gasteiger charge is 2.30. The summed E-state index contributed by atoms with van der Waals surface area (Å²) in [5.74, 6) is -0.0606. The van der Waals surface area contributed by atoms with E-state index in [1.165, 1.54) is 11.3 Å². The largest absolute Gasteiger partial charge is 0.463 e. The van der Waals surface area contributed by atoms with Crippen molar-refractivity contribution in [3.8, 4) is 11.5 Å². The lowest BCUT2D eigenvalue weighted by atomic mass is 9.94. The number of carbonyl (C=O) groups excluding carboxylic acids is 2. The first-order valence-corrected chi connectivity index (χ1v) is 10.5. The molecule has 29 heavy (non-hydrogen) atoms. The Morgan fingerprint density at radius 1 is 1.24 bits per heavy atom. The highest BCUT2D eigenvalue weighted by Crippen LogP contribution is 2.35. The minimum absolute atomic E-state index is 0.0336. The van der Waals surface area contributed by atoms with Gasteiger partial charge in [0.1, 0.15) is 10.6 Å². The molecule has 4 heterocycles. The third kappa shape index (κ3) is 4.23. The Hall–Kier alpha value is -2.58. The van der Waals surface area contributed by atoms with Crippen LogP contribution in [0.1, 0.15) is 36.4 Å². The number of rotatable bonds is 5. The van der Waals surface area contributed by atoms with Crippen molar-refractivity contribution in [1.82, 2.24) is 4.98 Å². The zero-order valence-corrected chi connectivity index (χ0v) is 17.3. The molecule has 0 bridgehead atoms. The van der Waals surface area contributed by atoms with E-state index in [1.807, 2.05) is 19.9 Å². The van der Waals surface area contributed by atoms with E-state index in [-0.39, 0.29) is 23.5 Å². The van der Waals surface area contributed by atoms with Gasteiger partial charge in [-0.25, -0.2) is 4.98 Å². The van der Waals surface area contributed by atoms with Crippen LogP contribution in [-0.4, -0.2) is 42.1 Å². The summed E-state index contributed by atoms with van der Waals surface area (Å²) < 4.78 is 10.9. The highest BCUT2D eigenvalue weighted by atomic mass is 32.1. The molecule has 0 aromatic carbocycles. The number of carbonyl (C=O) groups is 2. The van der Waals surface area contributed by atoms with Crippen molar-refractivity contribution in [1.29, 1.82) is 0 Å². The van der Waals surface area contributed by atoms with Crippen LogP contribution in [-0.2, 0) is 9.53 Å². The number of hydrogen-bond donors (Lipinski definition) is 1. The van der Waals surface area contributed by atoms with E-state index in [0.29, 0.717) is 54.1 Å². The number of anilines is 1. The number of thiazole rings is 1. The second-order valence-electron chi connectivity index (χ2n) is 7.30. The summed E-state index contributed by atoms with van der Waals surface area (Å²) in [7, 11) is 0. The lowest BCUT2D eigenvalue weighted by Gasteiger charge is -2.20. The number of hydrogen-bond acceptors (Lipinski definition) is 7. The maximum absolute atomic E-state index is 13.1. The number of amides is 1. The molecule has 1 amide bonds. The van der Waals surface area contributed by atoms with Crippen molar-refractivity contribution in [2.45, 2.75) is 26.7 Å². The van der Waals surface area contributed by atoms with E-state index in [9.17, 15) is 9.59 Å². The fraction of sp³-hybridized carbons (Fsp3) is 0.429. The van der Waals surface area contributed by atoms with Gasteiger partial charge in [0, 0.05) is 24.8 Å². The van der Waals surface area contributed by atoms with E-state index in [1.54, 1.807) is 18.4 Å². The topological polar surface area (TPSA) is 93.8 Å². The number of nitrogens with one attached hydrogen (secondary N) is 1. The average Bonchev–Trinajstić information content (AvgIpc) is 3.40.